The minimum atomic E-state index is 0.654. The molecule has 3 heteroatoms. The topological polar surface area (TPSA) is 38.5 Å². The van der Waals surface area contributed by atoms with Gasteiger partial charge in [0.05, 0.1) is 12.3 Å². The lowest BCUT2D eigenvalue weighted by atomic mass is 10.1. The lowest BCUT2D eigenvalue weighted by Crippen LogP contribution is -2.29. The van der Waals surface area contributed by atoms with Crippen LogP contribution < -0.4 is 15.4 Å². The number of hydrogen-bond donors (Lipinski definition) is 1. The Morgan fingerprint density at radius 2 is 2.11 bits per heavy atom. The Bertz CT molecular complexity index is 399. The standard InChI is InChI=1S/C15H24N2O/c1-4-18-15-9-13(7-8-14(15)16)17(10-11(2)3)12-5-6-12/h7-9,11-12H,4-6,10,16H2,1-3H3. The average Bonchev–Trinajstić information content (AvgIpc) is 3.13. The van der Waals surface area contributed by atoms with Crippen molar-refractivity contribution >= 4 is 11.4 Å². The second-order valence-electron chi connectivity index (χ2n) is 5.43. The molecular weight excluding hydrogens is 224 g/mol. The maximum Gasteiger partial charge on any atom is 0.144 e. The summed E-state index contributed by atoms with van der Waals surface area (Å²) in [5.41, 5.74) is 7.89. The number of ether oxygens (including phenoxy) is 1. The molecular formula is C15H24N2O. The van der Waals surface area contributed by atoms with E-state index in [-0.39, 0.29) is 0 Å². The highest BCUT2D eigenvalue weighted by atomic mass is 16.5. The quantitative estimate of drug-likeness (QED) is 0.785. The Labute approximate surface area is 110 Å². The van der Waals surface area contributed by atoms with Crippen LogP contribution in [-0.2, 0) is 0 Å². The zero-order valence-corrected chi connectivity index (χ0v) is 11.6. The second kappa shape index (κ2) is 5.51. The van der Waals surface area contributed by atoms with Crippen molar-refractivity contribution in [2.45, 2.75) is 39.7 Å². The number of benzene rings is 1. The first kappa shape index (κ1) is 13.1. The third-order valence-electron chi connectivity index (χ3n) is 3.18. The van der Waals surface area contributed by atoms with E-state index in [4.69, 9.17) is 10.5 Å². The number of hydrogen-bond acceptors (Lipinski definition) is 3. The van der Waals surface area contributed by atoms with E-state index >= 15 is 0 Å². The maximum atomic E-state index is 5.93. The van der Waals surface area contributed by atoms with Crippen LogP contribution in [0.3, 0.4) is 0 Å². The number of rotatable bonds is 6. The van der Waals surface area contributed by atoms with Crippen molar-refractivity contribution in [1.82, 2.24) is 0 Å². The fourth-order valence-electron chi connectivity index (χ4n) is 2.23. The SMILES string of the molecule is CCOc1cc(N(CC(C)C)C2CC2)ccc1N. The van der Waals surface area contributed by atoms with Crippen molar-refractivity contribution in [3.05, 3.63) is 18.2 Å². The van der Waals surface area contributed by atoms with E-state index in [1.165, 1.54) is 18.5 Å². The maximum absolute atomic E-state index is 5.93. The Morgan fingerprint density at radius 3 is 2.67 bits per heavy atom. The molecule has 0 aromatic heterocycles. The first-order valence-electron chi connectivity index (χ1n) is 6.90. The molecule has 2 N–H and O–H groups in total. The van der Waals surface area contributed by atoms with Gasteiger partial charge in [0.2, 0.25) is 0 Å². The van der Waals surface area contributed by atoms with Crippen molar-refractivity contribution in [1.29, 1.82) is 0 Å². The number of nitrogens with two attached hydrogens (primary N) is 1. The van der Waals surface area contributed by atoms with Crippen molar-refractivity contribution < 1.29 is 4.74 Å². The second-order valence-corrected chi connectivity index (χ2v) is 5.43. The summed E-state index contributed by atoms with van der Waals surface area (Å²) in [5, 5.41) is 0. The zero-order chi connectivity index (χ0) is 13.1. The Kier molecular flexibility index (Phi) is 4.00. The molecule has 0 heterocycles. The van der Waals surface area contributed by atoms with Gasteiger partial charge < -0.3 is 15.4 Å². The summed E-state index contributed by atoms with van der Waals surface area (Å²) in [6.45, 7) is 8.26. The van der Waals surface area contributed by atoms with Crippen molar-refractivity contribution in [3.63, 3.8) is 0 Å². The van der Waals surface area contributed by atoms with Gasteiger partial charge in [-0.25, -0.2) is 0 Å². The molecule has 18 heavy (non-hydrogen) atoms. The van der Waals surface area contributed by atoms with E-state index < -0.39 is 0 Å². The molecule has 1 aliphatic carbocycles. The third-order valence-corrected chi connectivity index (χ3v) is 3.18. The lowest BCUT2D eigenvalue weighted by molar-refractivity contribution is 0.342. The molecule has 100 valence electrons. The molecule has 0 spiro atoms. The summed E-state index contributed by atoms with van der Waals surface area (Å²) in [4.78, 5) is 2.49. The highest BCUT2D eigenvalue weighted by Crippen LogP contribution is 2.35. The molecule has 3 nitrogen and oxygen atoms in total. The van der Waals surface area contributed by atoms with E-state index in [2.05, 4.69) is 30.9 Å². The minimum absolute atomic E-state index is 0.654. The molecule has 1 aromatic carbocycles. The van der Waals surface area contributed by atoms with Gasteiger partial charge in [0, 0.05) is 24.3 Å². The molecule has 0 aliphatic heterocycles. The molecule has 2 rings (SSSR count). The molecule has 1 aromatic rings. The van der Waals surface area contributed by atoms with Gasteiger partial charge in [0.1, 0.15) is 5.75 Å². The van der Waals surface area contributed by atoms with Crippen LogP contribution in [0.2, 0.25) is 0 Å². The van der Waals surface area contributed by atoms with Crippen LogP contribution >= 0.6 is 0 Å². The Balaban J connectivity index is 2.21. The summed E-state index contributed by atoms with van der Waals surface area (Å²) in [6.07, 6.45) is 2.61. The summed E-state index contributed by atoms with van der Waals surface area (Å²) < 4.78 is 5.58. The van der Waals surface area contributed by atoms with Gasteiger partial charge in [-0.1, -0.05) is 13.8 Å². The van der Waals surface area contributed by atoms with Crippen LogP contribution in [0.4, 0.5) is 11.4 Å². The summed E-state index contributed by atoms with van der Waals surface area (Å²) >= 11 is 0. The van der Waals surface area contributed by atoms with E-state index in [9.17, 15) is 0 Å². The molecule has 1 saturated carbocycles. The van der Waals surface area contributed by atoms with Crippen LogP contribution in [0.25, 0.3) is 0 Å². The van der Waals surface area contributed by atoms with Gasteiger partial charge in [-0.3, -0.25) is 0 Å². The predicted molar refractivity (Wildman–Crippen MR) is 77.2 cm³/mol. The Morgan fingerprint density at radius 1 is 1.39 bits per heavy atom. The molecule has 0 radical (unpaired) electrons. The molecule has 0 bridgehead atoms. The van der Waals surface area contributed by atoms with Crippen LogP contribution in [0.15, 0.2) is 18.2 Å². The summed E-state index contributed by atoms with van der Waals surface area (Å²) in [6, 6.07) is 6.86. The van der Waals surface area contributed by atoms with Crippen LogP contribution in [0, 0.1) is 5.92 Å². The van der Waals surface area contributed by atoms with Gasteiger partial charge >= 0.3 is 0 Å². The highest BCUT2D eigenvalue weighted by Gasteiger charge is 2.29. The van der Waals surface area contributed by atoms with Crippen LogP contribution in [0.5, 0.6) is 5.75 Å². The minimum Gasteiger partial charge on any atom is -0.492 e. The third kappa shape index (κ3) is 3.09. The van der Waals surface area contributed by atoms with Gasteiger partial charge in [-0.2, -0.15) is 0 Å². The molecule has 0 atom stereocenters. The molecule has 0 saturated heterocycles. The number of nitrogens with zero attached hydrogens (tertiary/aromatic N) is 1. The van der Waals surface area contributed by atoms with E-state index in [1.807, 2.05) is 13.0 Å². The molecule has 0 unspecified atom stereocenters. The van der Waals surface area contributed by atoms with E-state index in [0.717, 1.165) is 18.0 Å². The zero-order valence-electron chi connectivity index (χ0n) is 11.6. The van der Waals surface area contributed by atoms with Gasteiger partial charge in [0.15, 0.2) is 0 Å². The molecule has 0 amide bonds. The van der Waals surface area contributed by atoms with Crippen LogP contribution in [0.1, 0.15) is 33.6 Å². The van der Waals surface area contributed by atoms with Crippen molar-refractivity contribution in [2.75, 3.05) is 23.8 Å². The largest absolute Gasteiger partial charge is 0.492 e. The average molecular weight is 248 g/mol. The summed E-state index contributed by atoms with van der Waals surface area (Å²) in [5.74, 6) is 1.48. The number of nitrogen functional groups attached to an aromatic ring is 1. The highest BCUT2D eigenvalue weighted by molar-refractivity contribution is 5.63. The normalized spacial score (nSPS) is 14.9. The fraction of sp³-hybridized carbons (Fsp3) is 0.600. The first-order chi connectivity index (χ1) is 8.61. The van der Waals surface area contributed by atoms with Crippen molar-refractivity contribution in [3.8, 4) is 5.75 Å². The summed E-state index contributed by atoms with van der Waals surface area (Å²) in [7, 11) is 0. The van der Waals surface area contributed by atoms with E-state index in [0.29, 0.717) is 18.6 Å². The fourth-order valence-corrected chi connectivity index (χ4v) is 2.23. The first-order valence-corrected chi connectivity index (χ1v) is 6.90. The molecule has 1 aliphatic rings. The van der Waals surface area contributed by atoms with Crippen molar-refractivity contribution in [2.24, 2.45) is 5.92 Å². The monoisotopic (exact) mass is 248 g/mol. The predicted octanol–water partition coefficient (Wildman–Crippen LogP) is 3.29. The van der Waals surface area contributed by atoms with Gasteiger partial charge in [-0.15, -0.1) is 0 Å². The van der Waals surface area contributed by atoms with E-state index in [1.54, 1.807) is 0 Å². The smallest absolute Gasteiger partial charge is 0.144 e. The lowest BCUT2D eigenvalue weighted by Gasteiger charge is -2.27. The number of anilines is 2. The van der Waals surface area contributed by atoms with Gasteiger partial charge in [0.25, 0.3) is 0 Å². The van der Waals surface area contributed by atoms with Crippen LogP contribution in [-0.4, -0.2) is 19.2 Å². The van der Waals surface area contributed by atoms with Gasteiger partial charge in [-0.05, 0) is 37.8 Å². The Hall–Kier alpha value is -1.38. The molecule has 1 fully saturated rings.